The molecule has 0 aliphatic heterocycles. The molecule has 0 aliphatic carbocycles. The Balaban J connectivity index is 2.05. The Morgan fingerprint density at radius 2 is 1.61 bits per heavy atom. The smallest absolute Gasteiger partial charge is 0.208 e. The van der Waals surface area contributed by atoms with Crippen molar-refractivity contribution in [2.75, 3.05) is 0 Å². The highest BCUT2D eigenvalue weighted by Gasteiger charge is 2.24. The molecule has 0 aliphatic rings. The third-order valence-electron chi connectivity index (χ3n) is 4.54. The fourth-order valence-corrected chi connectivity index (χ4v) is 4.71. The number of sulfone groups is 1. The van der Waals surface area contributed by atoms with Crippen molar-refractivity contribution in [2.24, 2.45) is 0 Å². The van der Waals surface area contributed by atoms with E-state index >= 15 is 0 Å². The Morgan fingerprint density at radius 3 is 2.29 bits per heavy atom. The molecule has 1 aromatic heterocycles. The molecule has 0 atom stereocenters. The van der Waals surface area contributed by atoms with Crippen LogP contribution in [0.1, 0.15) is 5.56 Å². The van der Waals surface area contributed by atoms with Gasteiger partial charge in [0.1, 0.15) is 5.82 Å². The lowest BCUT2D eigenvalue weighted by atomic mass is 10.0. The van der Waals surface area contributed by atoms with Gasteiger partial charge in [0.25, 0.3) is 0 Å². The maximum Gasteiger partial charge on any atom is 0.208 e. The molecule has 6 heteroatoms. The quantitative estimate of drug-likeness (QED) is 0.425. The van der Waals surface area contributed by atoms with Crippen LogP contribution in [0.5, 0.6) is 0 Å². The van der Waals surface area contributed by atoms with Crippen molar-refractivity contribution in [2.45, 2.75) is 16.7 Å². The van der Waals surface area contributed by atoms with Crippen LogP contribution in [-0.2, 0) is 9.84 Å². The zero-order valence-electron chi connectivity index (χ0n) is 14.9. The predicted molar refractivity (Wildman–Crippen MR) is 109 cm³/mol. The van der Waals surface area contributed by atoms with Gasteiger partial charge in [-0.25, -0.2) is 12.8 Å². The zero-order chi connectivity index (χ0) is 19.9. The minimum Gasteiger partial charge on any atom is -0.255 e. The molecule has 4 aromatic rings. The van der Waals surface area contributed by atoms with Gasteiger partial charge in [0.15, 0.2) is 0 Å². The summed E-state index contributed by atoms with van der Waals surface area (Å²) >= 11 is 5.90. The fraction of sp³-hybridized carbons (Fsp3) is 0.0455. The van der Waals surface area contributed by atoms with E-state index in [0.29, 0.717) is 27.1 Å². The highest BCUT2D eigenvalue weighted by molar-refractivity contribution is 7.91. The second kappa shape index (κ2) is 7.00. The van der Waals surface area contributed by atoms with Crippen LogP contribution in [0, 0.1) is 12.7 Å². The molecule has 28 heavy (non-hydrogen) atoms. The molecule has 3 nitrogen and oxygen atoms in total. The summed E-state index contributed by atoms with van der Waals surface area (Å²) in [5.74, 6) is -0.389. The first kappa shape index (κ1) is 18.6. The summed E-state index contributed by atoms with van der Waals surface area (Å²) in [7, 11) is -3.86. The van der Waals surface area contributed by atoms with Crippen molar-refractivity contribution < 1.29 is 12.8 Å². The van der Waals surface area contributed by atoms with Crippen LogP contribution < -0.4 is 0 Å². The lowest BCUT2D eigenvalue weighted by Gasteiger charge is -2.14. The van der Waals surface area contributed by atoms with Gasteiger partial charge in [-0.2, -0.15) is 0 Å². The maximum absolute atomic E-state index is 13.5. The summed E-state index contributed by atoms with van der Waals surface area (Å²) in [6.07, 6.45) is 1.37. The Hall–Kier alpha value is -2.76. The average molecular weight is 412 g/mol. The van der Waals surface area contributed by atoms with Crippen LogP contribution >= 0.6 is 11.6 Å². The van der Waals surface area contributed by atoms with Gasteiger partial charge >= 0.3 is 0 Å². The summed E-state index contributed by atoms with van der Waals surface area (Å²) in [6, 6.07) is 17.4. The molecule has 0 unspecified atom stereocenters. The highest BCUT2D eigenvalue weighted by atomic mass is 35.5. The SMILES string of the molecule is Cc1ccc2c(-c3ccc(F)cc3)c(S(=O)(=O)c3ccc(Cl)cc3)cnc2c1. The molecule has 0 N–H and O–H groups in total. The molecule has 3 aromatic carbocycles. The van der Waals surface area contributed by atoms with Gasteiger partial charge in [-0.15, -0.1) is 0 Å². The van der Waals surface area contributed by atoms with Crippen LogP contribution in [-0.4, -0.2) is 13.4 Å². The topological polar surface area (TPSA) is 47.0 Å². The molecule has 0 saturated heterocycles. The third-order valence-corrected chi connectivity index (χ3v) is 6.57. The second-order valence-corrected chi connectivity index (χ2v) is 8.84. The molecule has 4 rings (SSSR count). The molecule has 0 bridgehead atoms. The number of hydrogen-bond acceptors (Lipinski definition) is 3. The molecule has 140 valence electrons. The van der Waals surface area contributed by atoms with Gasteiger partial charge in [-0.05, 0) is 60.5 Å². The summed E-state index contributed by atoms with van der Waals surface area (Å²) < 4.78 is 40.2. The van der Waals surface area contributed by atoms with Crippen molar-refractivity contribution in [3.63, 3.8) is 0 Å². The first-order valence-corrected chi connectivity index (χ1v) is 10.4. The summed E-state index contributed by atoms with van der Waals surface area (Å²) in [4.78, 5) is 4.56. The standard InChI is InChI=1S/C22H15ClFNO2S/c1-14-2-11-19-20(12-14)25-13-21(22(19)15-3-7-17(24)8-4-15)28(26,27)18-9-5-16(23)6-10-18/h2-13H,1H3. The minimum atomic E-state index is -3.86. The van der Waals surface area contributed by atoms with Crippen LogP contribution in [0.25, 0.3) is 22.0 Å². The number of halogens is 2. The van der Waals surface area contributed by atoms with E-state index in [-0.39, 0.29) is 15.6 Å². The van der Waals surface area contributed by atoms with Crippen LogP contribution in [0.2, 0.25) is 5.02 Å². The second-order valence-electron chi connectivity index (χ2n) is 6.48. The number of aryl methyl sites for hydroxylation is 1. The van der Waals surface area contributed by atoms with Gasteiger partial charge in [0.05, 0.1) is 15.3 Å². The lowest BCUT2D eigenvalue weighted by Crippen LogP contribution is -2.05. The summed E-state index contributed by atoms with van der Waals surface area (Å²) in [6.45, 7) is 1.94. The van der Waals surface area contributed by atoms with Crippen molar-refractivity contribution in [3.8, 4) is 11.1 Å². The van der Waals surface area contributed by atoms with E-state index in [1.807, 2.05) is 25.1 Å². The van der Waals surface area contributed by atoms with E-state index < -0.39 is 9.84 Å². The number of nitrogens with zero attached hydrogens (tertiary/aromatic N) is 1. The molecular formula is C22H15ClFNO2S. The number of rotatable bonds is 3. The minimum absolute atomic E-state index is 0.0674. The summed E-state index contributed by atoms with van der Waals surface area (Å²) in [5.41, 5.74) is 2.79. The predicted octanol–water partition coefficient (Wildman–Crippen LogP) is 5.84. The van der Waals surface area contributed by atoms with E-state index in [1.165, 1.54) is 42.6 Å². The Bertz CT molecular complexity index is 1280. The Kier molecular flexibility index (Phi) is 4.65. The molecule has 1 heterocycles. The molecular weight excluding hydrogens is 397 g/mol. The molecule has 0 spiro atoms. The largest absolute Gasteiger partial charge is 0.255 e. The van der Waals surface area contributed by atoms with E-state index in [1.54, 1.807) is 12.1 Å². The van der Waals surface area contributed by atoms with Gasteiger partial charge in [0.2, 0.25) is 9.84 Å². The maximum atomic E-state index is 13.5. The first-order valence-electron chi connectivity index (χ1n) is 8.52. The van der Waals surface area contributed by atoms with Gasteiger partial charge in [-0.3, -0.25) is 4.98 Å². The van der Waals surface area contributed by atoms with Crippen molar-refractivity contribution in [1.82, 2.24) is 4.98 Å². The number of fused-ring (bicyclic) bond motifs is 1. The van der Waals surface area contributed by atoms with Crippen LogP contribution in [0.3, 0.4) is 0 Å². The zero-order valence-corrected chi connectivity index (χ0v) is 16.4. The molecule has 0 amide bonds. The average Bonchev–Trinajstić information content (AvgIpc) is 2.68. The first-order chi connectivity index (χ1) is 13.4. The monoisotopic (exact) mass is 411 g/mol. The Morgan fingerprint density at radius 1 is 0.929 bits per heavy atom. The van der Waals surface area contributed by atoms with Gasteiger partial charge < -0.3 is 0 Å². The Labute approximate surface area is 167 Å². The van der Waals surface area contributed by atoms with E-state index in [2.05, 4.69) is 4.98 Å². The van der Waals surface area contributed by atoms with Crippen molar-refractivity contribution >= 4 is 32.3 Å². The van der Waals surface area contributed by atoms with Gasteiger partial charge in [-0.1, -0.05) is 35.9 Å². The highest BCUT2D eigenvalue weighted by Crippen LogP contribution is 2.37. The number of hydrogen-bond donors (Lipinski definition) is 0. The number of aromatic nitrogens is 1. The van der Waals surface area contributed by atoms with E-state index in [0.717, 1.165) is 5.56 Å². The third kappa shape index (κ3) is 3.28. The van der Waals surface area contributed by atoms with Crippen LogP contribution in [0.15, 0.2) is 82.7 Å². The number of pyridine rings is 1. The normalized spacial score (nSPS) is 11.7. The lowest BCUT2D eigenvalue weighted by molar-refractivity contribution is 0.596. The molecule has 0 radical (unpaired) electrons. The van der Waals surface area contributed by atoms with E-state index in [4.69, 9.17) is 11.6 Å². The van der Waals surface area contributed by atoms with Crippen molar-refractivity contribution in [3.05, 3.63) is 89.3 Å². The van der Waals surface area contributed by atoms with Gasteiger partial charge in [0, 0.05) is 22.2 Å². The van der Waals surface area contributed by atoms with Crippen molar-refractivity contribution in [1.29, 1.82) is 0 Å². The molecule has 0 saturated carbocycles. The number of benzene rings is 3. The fourth-order valence-electron chi connectivity index (χ4n) is 3.14. The molecule has 0 fully saturated rings. The van der Waals surface area contributed by atoms with Crippen LogP contribution in [0.4, 0.5) is 4.39 Å². The van der Waals surface area contributed by atoms with E-state index in [9.17, 15) is 12.8 Å². The summed E-state index contributed by atoms with van der Waals surface area (Å²) in [5, 5.41) is 1.14.